The summed E-state index contributed by atoms with van der Waals surface area (Å²) in [4.78, 5) is 26.2. The molecule has 0 saturated carbocycles. The van der Waals surface area contributed by atoms with E-state index in [1.54, 1.807) is 42.5 Å². The molecule has 2 N–H and O–H groups in total. The second-order valence-corrected chi connectivity index (χ2v) is 7.56. The highest BCUT2D eigenvalue weighted by atomic mass is 35.5. The highest BCUT2D eigenvalue weighted by Gasteiger charge is 2.10. The summed E-state index contributed by atoms with van der Waals surface area (Å²) in [6, 6.07) is 17.8. The minimum atomic E-state index is -0.537. The van der Waals surface area contributed by atoms with Gasteiger partial charge in [-0.3, -0.25) is 9.59 Å². The van der Waals surface area contributed by atoms with Crippen LogP contribution in [0, 0.1) is 5.82 Å². The number of halogens is 2. The van der Waals surface area contributed by atoms with Crippen molar-refractivity contribution in [2.24, 2.45) is 5.10 Å². The first-order chi connectivity index (χ1) is 15.8. The number of carbonyl (C=O) groups excluding carboxylic acids is 2. The normalized spacial score (nSPS) is 10.7. The van der Waals surface area contributed by atoms with Crippen LogP contribution in [0.25, 0.3) is 0 Å². The van der Waals surface area contributed by atoms with Gasteiger partial charge in [-0.15, -0.1) is 0 Å². The molecule has 2 amide bonds. The number of amides is 2. The minimum absolute atomic E-state index is 0.0687. The van der Waals surface area contributed by atoms with Crippen LogP contribution in [0.5, 0.6) is 5.75 Å². The molecule has 0 aliphatic rings. The number of anilines is 2. The van der Waals surface area contributed by atoms with Gasteiger partial charge in [0, 0.05) is 25.3 Å². The third-order valence-corrected chi connectivity index (χ3v) is 4.76. The smallest absolute Gasteiger partial charge is 0.271 e. The molecule has 3 rings (SSSR count). The Balaban J connectivity index is 1.54. The summed E-state index contributed by atoms with van der Waals surface area (Å²) in [5.74, 6) is -1.13. The standard InChI is InChI=1S/C24H22ClFN4O3/c1-30(2)18-7-5-6-17(13-18)24(32)29-27-14-16-10-11-22(19(25)12-16)33-15-23(31)28-21-9-4-3-8-20(21)26/h3-14H,15H2,1-2H3,(H,28,31)(H,29,32)/b27-14-. The Kier molecular flexibility index (Phi) is 7.99. The molecule has 7 nitrogen and oxygen atoms in total. The summed E-state index contributed by atoms with van der Waals surface area (Å²) < 4.78 is 19.0. The highest BCUT2D eigenvalue weighted by Crippen LogP contribution is 2.25. The van der Waals surface area contributed by atoms with Crippen LogP contribution in [-0.4, -0.2) is 38.7 Å². The number of nitrogens with one attached hydrogen (secondary N) is 2. The largest absolute Gasteiger partial charge is 0.482 e. The summed E-state index contributed by atoms with van der Waals surface area (Å²) in [6.45, 7) is -0.344. The van der Waals surface area contributed by atoms with E-state index >= 15 is 0 Å². The number of ether oxygens (including phenoxy) is 1. The number of carbonyl (C=O) groups is 2. The molecule has 0 saturated heterocycles. The topological polar surface area (TPSA) is 83.0 Å². The second kappa shape index (κ2) is 11.1. The van der Waals surface area contributed by atoms with E-state index in [4.69, 9.17) is 16.3 Å². The summed E-state index contributed by atoms with van der Waals surface area (Å²) in [5.41, 5.74) is 4.53. The summed E-state index contributed by atoms with van der Waals surface area (Å²) >= 11 is 6.21. The molecule has 0 bridgehead atoms. The van der Waals surface area contributed by atoms with E-state index < -0.39 is 11.7 Å². The molecule has 0 spiro atoms. The Morgan fingerprint density at radius 3 is 2.61 bits per heavy atom. The van der Waals surface area contributed by atoms with Gasteiger partial charge in [-0.05, 0) is 54.1 Å². The number of hydrogen-bond acceptors (Lipinski definition) is 5. The van der Waals surface area contributed by atoms with E-state index in [9.17, 15) is 14.0 Å². The lowest BCUT2D eigenvalue weighted by Gasteiger charge is -2.12. The van der Waals surface area contributed by atoms with Crippen molar-refractivity contribution in [3.8, 4) is 5.75 Å². The van der Waals surface area contributed by atoms with E-state index in [0.29, 0.717) is 11.1 Å². The van der Waals surface area contributed by atoms with E-state index in [1.165, 1.54) is 24.4 Å². The van der Waals surface area contributed by atoms with Gasteiger partial charge in [0.2, 0.25) is 0 Å². The van der Waals surface area contributed by atoms with Gasteiger partial charge in [0.25, 0.3) is 11.8 Å². The van der Waals surface area contributed by atoms with Crippen LogP contribution in [0.4, 0.5) is 15.8 Å². The number of rotatable bonds is 8. The van der Waals surface area contributed by atoms with Crippen LogP contribution in [0.15, 0.2) is 71.8 Å². The predicted octanol–water partition coefficient (Wildman–Crippen LogP) is 4.33. The maximum atomic E-state index is 13.6. The third-order valence-electron chi connectivity index (χ3n) is 4.47. The molecule has 0 heterocycles. The lowest BCUT2D eigenvalue weighted by atomic mass is 10.2. The van der Waals surface area contributed by atoms with Crippen molar-refractivity contribution in [2.75, 3.05) is 30.9 Å². The average molecular weight is 469 g/mol. The monoisotopic (exact) mass is 468 g/mol. The molecule has 170 valence electrons. The molecule has 3 aromatic rings. The van der Waals surface area contributed by atoms with Gasteiger partial charge in [-0.25, -0.2) is 9.82 Å². The lowest BCUT2D eigenvalue weighted by molar-refractivity contribution is -0.118. The highest BCUT2D eigenvalue weighted by molar-refractivity contribution is 6.32. The van der Waals surface area contributed by atoms with Gasteiger partial charge in [0.1, 0.15) is 11.6 Å². The summed E-state index contributed by atoms with van der Waals surface area (Å²) in [7, 11) is 3.78. The second-order valence-electron chi connectivity index (χ2n) is 7.15. The number of para-hydroxylation sites is 1. The van der Waals surface area contributed by atoms with Crippen molar-refractivity contribution in [1.82, 2.24) is 5.43 Å². The Labute approximate surface area is 195 Å². The number of nitrogens with zero attached hydrogens (tertiary/aromatic N) is 2. The van der Waals surface area contributed by atoms with Gasteiger partial charge < -0.3 is 15.0 Å². The molecule has 0 fully saturated rings. The zero-order chi connectivity index (χ0) is 23.8. The van der Waals surface area contributed by atoms with Gasteiger partial charge in [-0.2, -0.15) is 5.10 Å². The molecule has 0 aromatic heterocycles. The maximum Gasteiger partial charge on any atom is 0.271 e. The van der Waals surface area contributed by atoms with Crippen molar-refractivity contribution in [3.05, 3.63) is 88.7 Å². The quantitative estimate of drug-likeness (QED) is 0.381. The number of benzene rings is 3. The Hall–Kier alpha value is -3.91. The van der Waals surface area contributed by atoms with Crippen LogP contribution in [0.1, 0.15) is 15.9 Å². The Morgan fingerprint density at radius 1 is 1.09 bits per heavy atom. The van der Waals surface area contributed by atoms with E-state index in [0.717, 1.165) is 5.69 Å². The fraction of sp³-hybridized carbons (Fsp3) is 0.125. The molecule has 9 heteroatoms. The number of hydrazone groups is 1. The minimum Gasteiger partial charge on any atom is -0.482 e. The van der Waals surface area contributed by atoms with E-state index in [-0.39, 0.29) is 29.0 Å². The van der Waals surface area contributed by atoms with Crippen molar-refractivity contribution in [3.63, 3.8) is 0 Å². The first-order valence-corrected chi connectivity index (χ1v) is 10.3. The molecule has 0 radical (unpaired) electrons. The third kappa shape index (κ3) is 6.78. The fourth-order valence-corrected chi connectivity index (χ4v) is 3.01. The van der Waals surface area contributed by atoms with E-state index in [2.05, 4.69) is 15.8 Å². The van der Waals surface area contributed by atoms with Crippen molar-refractivity contribution in [2.45, 2.75) is 0 Å². The molecular formula is C24H22ClFN4O3. The van der Waals surface area contributed by atoms with Crippen LogP contribution in [0.2, 0.25) is 5.02 Å². The maximum absolute atomic E-state index is 13.6. The van der Waals surface area contributed by atoms with Gasteiger partial charge in [-0.1, -0.05) is 29.8 Å². The van der Waals surface area contributed by atoms with Crippen molar-refractivity contribution >= 4 is 41.0 Å². The lowest BCUT2D eigenvalue weighted by Crippen LogP contribution is -2.20. The van der Waals surface area contributed by atoms with Crippen LogP contribution < -0.4 is 20.4 Å². The summed E-state index contributed by atoms with van der Waals surface area (Å²) in [5, 5.41) is 6.63. The van der Waals surface area contributed by atoms with Gasteiger partial charge >= 0.3 is 0 Å². The van der Waals surface area contributed by atoms with Crippen LogP contribution in [-0.2, 0) is 4.79 Å². The molecular weight excluding hydrogens is 447 g/mol. The molecule has 0 atom stereocenters. The van der Waals surface area contributed by atoms with Crippen LogP contribution in [0.3, 0.4) is 0 Å². The van der Waals surface area contributed by atoms with Gasteiger partial charge in [0.15, 0.2) is 6.61 Å². The van der Waals surface area contributed by atoms with Crippen LogP contribution >= 0.6 is 11.6 Å². The van der Waals surface area contributed by atoms with E-state index in [1.807, 2.05) is 25.1 Å². The summed E-state index contributed by atoms with van der Waals surface area (Å²) in [6.07, 6.45) is 1.44. The number of hydrogen-bond donors (Lipinski definition) is 2. The first-order valence-electron chi connectivity index (χ1n) is 9.91. The zero-order valence-corrected chi connectivity index (χ0v) is 18.8. The molecule has 33 heavy (non-hydrogen) atoms. The predicted molar refractivity (Wildman–Crippen MR) is 128 cm³/mol. The Bertz CT molecular complexity index is 1180. The fourth-order valence-electron chi connectivity index (χ4n) is 2.76. The van der Waals surface area contributed by atoms with Crippen molar-refractivity contribution in [1.29, 1.82) is 0 Å². The SMILES string of the molecule is CN(C)c1cccc(C(=O)N/N=C\c2ccc(OCC(=O)Nc3ccccc3F)c(Cl)c2)c1. The first kappa shape index (κ1) is 23.7. The molecule has 0 aliphatic carbocycles. The zero-order valence-electron chi connectivity index (χ0n) is 18.0. The molecule has 0 aliphatic heterocycles. The van der Waals surface area contributed by atoms with Gasteiger partial charge in [0.05, 0.1) is 16.9 Å². The average Bonchev–Trinajstić information content (AvgIpc) is 2.80. The molecule has 3 aromatic carbocycles. The van der Waals surface area contributed by atoms with Crippen molar-refractivity contribution < 1.29 is 18.7 Å². The Morgan fingerprint density at radius 2 is 1.88 bits per heavy atom. The molecule has 0 unspecified atom stereocenters.